The molecular weight excluding hydrogens is 428 g/mol. The van der Waals surface area contributed by atoms with Crippen molar-refractivity contribution in [2.45, 2.75) is 69.9 Å². The number of hydrogen-bond acceptors (Lipinski definition) is 6. The molecule has 0 aromatic carbocycles. The lowest BCUT2D eigenvalue weighted by Crippen LogP contribution is -2.47. The van der Waals surface area contributed by atoms with Crippen LogP contribution in [-0.4, -0.2) is 67.8 Å². The van der Waals surface area contributed by atoms with E-state index in [0.29, 0.717) is 24.5 Å². The first-order valence-electron chi connectivity index (χ1n) is 13.3. The summed E-state index contributed by atoms with van der Waals surface area (Å²) in [6, 6.07) is 4.33. The number of piperazine rings is 1. The van der Waals surface area contributed by atoms with Crippen molar-refractivity contribution < 1.29 is 13.9 Å². The van der Waals surface area contributed by atoms with E-state index in [1.165, 1.54) is 25.8 Å². The summed E-state index contributed by atoms with van der Waals surface area (Å²) in [6.45, 7) is 5.39. The zero-order valence-corrected chi connectivity index (χ0v) is 20.6. The highest BCUT2D eigenvalue weighted by Crippen LogP contribution is 2.31. The lowest BCUT2D eigenvalue weighted by Gasteiger charge is -2.37. The van der Waals surface area contributed by atoms with E-state index in [2.05, 4.69) is 20.1 Å². The van der Waals surface area contributed by atoms with E-state index in [9.17, 15) is 4.79 Å². The van der Waals surface area contributed by atoms with Crippen molar-refractivity contribution in [1.82, 2.24) is 15.2 Å². The van der Waals surface area contributed by atoms with Gasteiger partial charge in [-0.2, -0.15) is 0 Å². The second-order valence-corrected chi connectivity index (χ2v) is 10.6. The normalized spacial score (nSPS) is 28.4. The number of amides is 1. The minimum absolute atomic E-state index is 0.253. The van der Waals surface area contributed by atoms with Crippen LogP contribution in [0.2, 0.25) is 0 Å². The summed E-state index contributed by atoms with van der Waals surface area (Å²) in [5.41, 5.74) is 0.914. The van der Waals surface area contributed by atoms with Crippen LogP contribution in [0.25, 0.3) is 11.0 Å². The number of anilines is 1. The highest BCUT2D eigenvalue weighted by molar-refractivity contribution is 5.88. The first kappa shape index (κ1) is 23.6. The molecule has 2 aromatic heterocycles. The van der Waals surface area contributed by atoms with Gasteiger partial charge in [0.1, 0.15) is 11.4 Å². The number of methoxy groups -OCH3 is 1. The Morgan fingerprint density at radius 2 is 1.88 bits per heavy atom. The lowest BCUT2D eigenvalue weighted by molar-refractivity contribution is -0.123. The summed E-state index contributed by atoms with van der Waals surface area (Å²) < 4.78 is 11.0. The van der Waals surface area contributed by atoms with Crippen molar-refractivity contribution in [1.29, 1.82) is 0 Å². The fourth-order valence-corrected chi connectivity index (χ4v) is 6.25. The molecule has 2 saturated carbocycles. The second-order valence-electron chi connectivity index (χ2n) is 10.6. The number of hydrogen-bond donors (Lipinski definition) is 1. The number of fused-ring (bicyclic) bond motifs is 1. The Hall–Kier alpha value is -2.12. The van der Waals surface area contributed by atoms with Gasteiger partial charge in [-0.3, -0.25) is 9.69 Å². The summed E-state index contributed by atoms with van der Waals surface area (Å²) in [5.74, 6) is 2.61. The summed E-state index contributed by atoms with van der Waals surface area (Å²) in [4.78, 5) is 22.1. The Bertz CT molecular complexity index is 931. The first-order valence-corrected chi connectivity index (χ1v) is 13.3. The highest BCUT2D eigenvalue weighted by Gasteiger charge is 2.28. The summed E-state index contributed by atoms with van der Waals surface area (Å²) in [5, 5.41) is 4.44. The molecule has 186 valence electrons. The standard InChI is InChI=1S/C27H40N4O3/c1-33-23-7-4-21(18-23)19-26(32)29-22-5-2-20(3-6-22)9-12-30-13-15-31(16-14-30)27-24-10-17-34-25(24)8-11-28-27/h8,10-11,17,20-23H,2-7,9,12-16,18-19H2,1H3,(H,29,32)/t20?,21-,22?,23-/m0/s1. The molecule has 2 aromatic rings. The molecule has 5 rings (SSSR count). The molecule has 1 aliphatic heterocycles. The Balaban J connectivity index is 0.981. The third-order valence-corrected chi connectivity index (χ3v) is 8.40. The van der Waals surface area contributed by atoms with Gasteiger partial charge >= 0.3 is 0 Å². The predicted octanol–water partition coefficient (Wildman–Crippen LogP) is 4.22. The fraction of sp³-hybridized carbons (Fsp3) is 0.704. The van der Waals surface area contributed by atoms with E-state index in [1.54, 1.807) is 13.4 Å². The van der Waals surface area contributed by atoms with Gasteiger partial charge < -0.3 is 19.4 Å². The van der Waals surface area contributed by atoms with Gasteiger partial charge in [0.15, 0.2) is 0 Å². The van der Waals surface area contributed by atoms with Crippen molar-refractivity contribution in [2.75, 3.05) is 44.7 Å². The van der Waals surface area contributed by atoms with E-state index in [4.69, 9.17) is 9.15 Å². The zero-order valence-electron chi connectivity index (χ0n) is 20.6. The molecular formula is C27H40N4O3. The van der Waals surface area contributed by atoms with Crippen molar-refractivity contribution in [2.24, 2.45) is 11.8 Å². The minimum Gasteiger partial charge on any atom is -0.464 e. The first-order chi connectivity index (χ1) is 16.7. The van der Waals surface area contributed by atoms with Crippen LogP contribution in [0.5, 0.6) is 0 Å². The molecule has 1 N–H and O–H groups in total. The van der Waals surface area contributed by atoms with Gasteiger partial charge in [0.25, 0.3) is 0 Å². The number of carbonyl (C=O) groups is 1. The van der Waals surface area contributed by atoms with Crippen molar-refractivity contribution in [3.63, 3.8) is 0 Å². The molecule has 2 aliphatic carbocycles. The number of pyridine rings is 1. The molecule has 0 bridgehead atoms. The second kappa shape index (κ2) is 11.1. The van der Waals surface area contributed by atoms with Gasteiger partial charge in [-0.1, -0.05) is 0 Å². The van der Waals surface area contributed by atoms with E-state index in [-0.39, 0.29) is 5.91 Å². The van der Waals surface area contributed by atoms with E-state index >= 15 is 0 Å². The number of furan rings is 1. The minimum atomic E-state index is 0.253. The van der Waals surface area contributed by atoms with Crippen LogP contribution >= 0.6 is 0 Å². The number of ether oxygens (including phenoxy) is 1. The van der Waals surface area contributed by atoms with Crippen molar-refractivity contribution >= 4 is 22.7 Å². The third kappa shape index (κ3) is 5.74. The van der Waals surface area contributed by atoms with Crippen LogP contribution < -0.4 is 10.2 Å². The smallest absolute Gasteiger partial charge is 0.220 e. The lowest BCUT2D eigenvalue weighted by atomic mass is 9.84. The summed E-state index contributed by atoms with van der Waals surface area (Å²) in [7, 11) is 1.78. The average Bonchev–Trinajstić information content (AvgIpc) is 3.53. The molecule has 0 spiro atoms. The number of carbonyl (C=O) groups excluding carboxylic acids is 1. The Morgan fingerprint density at radius 1 is 1.09 bits per heavy atom. The molecule has 7 nitrogen and oxygen atoms in total. The molecule has 0 radical (unpaired) electrons. The van der Waals surface area contributed by atoms with Crippen LogP contribution in [0, 0.1) is 11.8 Å². The average molecular weight is 469 g/mol. The van der Waals surface area contributed by atoms with Crippen LogP contribution in [0.3, 0.4) is 0 Å². The molecule has 2 atom stereocenters. The van der Waals surface area contributed by atoms with Gasteiger partial charge in [-0.05, 0) is 81.9 Å². The largest absolute Gasteiger partial charge is 0.464 e. The SMILES string of the molecule is CO[C@H]1CC[C@H](CC(=O)NC2CCC(CCN3CCN(c4nccc5occc45)CC3)CC2)C1. The molecule has 7 heteroatoms. The quantitative estimate of drug-likeness (QED) is 0.626. The molecule has 0 unspecified atom stereocenters. The van der Waals surface area contributed by atoms with Crippen molar-refractivity contribution in [3.05, 3.63) is 24.6 Å². The van der Waals surface area contributed by atoms with E-state index in [1.807, 2.05) is 18.3 Å². The van der Waals surface area contributed by atoms with Crippen LogP contribution in [-0.2, 0) is 9.53 Å². The molecule has 3 heterocycles. The third-order valence-electron chi connectivity index (χ3n) is 8.40. The fourth-order valence-electron chi connectivity index (χ4n) is 6.25. The van der Waals surface area contributed by atoms with Gasteiger partial charge in [0.05, 0.1) is 17.8 Å². The van der Waals surface area contributed by atoms with Crippen molar-refractivity contribution in [3.8, 4) is 0 Å². The van der Waals surface area contributed by atoms with Gasteiger partial charge in [0, 0.05) is 51.9 Å². The van der Waals surface area contributed by atoms with E-state index in [0.717, 1.165) is 81.0 Å². The molecule has 3 aliphatic rings. The van der Waals surface area contributed by atoms with E-state index < -0.39 is 0 Å². The summed E-state index contributed by atoms with van der Waals surface area (Å²) in [6.07, 6.45) is 13.9. The number of nitrogens with zero attached hydrogens (tertiary/aromatic N) is 3. The predicted molar refractivity (Wildman–Crippen MR) is 134 cm³/mol. The van der Waals surface area contributed by atoms with Gasteiger partial charge in [0.2, 0.25) is 5.91 Å². The maximum absolute atomic E-state index is 12.5. The Labute approximate surface area is 203 Å². The number of aromatic nitrogens is 1. The summed E-state index contributed by atoms with van der Waals surface area (Å²) >= 11 is 0. The maximum Gasteiger partial charge on any atom is 0.220 e. The Morgan fingerprint density at radius 3 is 2.65 bits per heavy atom. The van der Waals surface area contributed by atoms with Crippen LogP contribution in [0.1, 0.15) is 57.8 Å². The number of nitrogens with one attached hydrogen (secondary N) is 1. The monoisotopic (exact) mass is 468 g/mol. The molecule has 3 fully saturated rings. The molecule has 1 saturated heterocycles. The molecule has 1 amide bonds. The number of rotatable bonds is 8. The van der Waals surface area contributed by atoms with Gasteiger partial charge in [-0.25, -0.2) is 4.98 Å². The molecule has 34 heavy (non-hydrogen) atoms. The highest BCUT2D eigenvalue weighted by atomic mass is 16.5. The zero-order chi connectivity index (χ0) is 23.3. The van der Waals surface area contributed by atoms with Gasteiger partial charge in [-0.15, -0.1) is 0 Å². The topological polar surface area (TPSA) is 70.8 Å². The van der Waals surface area contributed by atoms with Crippen LogP contribution in [0.4, 0.5) is 5.82 Å². The maximum atomic E-state index is 12.5. The Kier molecular flexibility index (Phi) is 7.70. The van der Waals surface area contributed by atoms with Crippen LogP contribution in [0.15, 0.2) is 29.0 Å².